The van der Waals surface area contributed by atoms with E-state index in [1.807, 2.05) is 0 Å². The quantitative estimate of drug-likeness (QED) is 0.844. The lowest BCUT2D eigenvalue weighted by Gasteiger charge is -2.44. The predicted octanol–water partition coefficient (Wildman–Crippen LogP) is 3.04. The molecular weight excluding hydrogens is 241 g/mol. The van der Waals surface area contributed by atoms with Gasteiger partial charge in [0.2, 0.25) is 0 Å². The molecule has 0 saturated carbocycles. The van der Waals surface area contributed by atoms with Gasteiger partial charge in [0.05, 0.1) is 0 Å². The van der Waals surface area contributed by atoms with E-state index < -0.39 is 12.6 Å². The van der Waals surface area contributed by atoms with E-state index in [1.54, 1.807) is 0 Å². The lowest BCUT2D eigenvalue weighted by molar-refractivity contribution is -0.136. The van der Waals surface area contributed by atoms with Gasteiger partial charge in [0, 0.05) is 31.6 Å². The van der Waals surface area contributed by atoms with Crippen molar-refractivity contribution in [3.63, 3.8) is 0 Å². The Kier molecular flexibility index (Phi) is 5.06. The van der Waals surface area contributed by atoms with E-state index in [9.17, 15) is 13.2 Å². The zero-order valence-corrected chi connectivity index (χ0v) is 11.8. The van der Waals surface area contributed by atoms with Gasteiger partial charge in [0.25, 0.3) is 0 Å². The van der Waals surface area contributed by atoms with Crippen LogP contribution in [-0.2, 0) is 0 Å². The molecule has 2 unspecified atom stereocenters. The van der Waals surface area contributed by atoms with E-state index in [2.05, 4.69) is 37.9 Å². The minimum absolute atomic E-state index is 0.141. The summed E-state index contributed by atoms with van der Waals surface area (Å²) >= 11 is 0. The fourth-order valence-corrected chi connectivity index (χ4v) is 2.30. The van der Waals surface area contributed by atoms with Gasteiger partial charge in [-0.05, 0) is 25.3 Å². The predicted molar refractivity (Wildman–Crippen MR) is 67.6 cm³/mol. The van der Waals surface area contributed by atoms with Crippen LogP contribution >= 0.6 is 0 Å². The van der Waals surface area contributed by atoms with Crippen molar-refractivity contribution in [3.05, 3.63) is 0 Å². The van der Waals surface area contributed by atoms with Gasteiger partial charge in [0.1, 0.15) is 0 Å². The van der Waals surface area contributed by atoms with E-state index in [0.717, 1.165) is 13.1 Å². The number of nitrogens with one attached hydrogen (secondary N) is 1. The third-order valence-electron chi connectivity index (χ3n) is 3.65. The summed E-state index contributed by atoms with van der Waals surface area (Å²) in [6.07, 6.45) is -4.50. The molecule has 18 heavy (non-hydrogen) atoms. The summed E-state index contributed by atoms with van der Waals surface area (Å²) in [5.41, 5.74) is 0.141. The monoisotopic (exact) mass is 266 g/mol. The first-order chi connectivity index (χ1) is 8.09. The van der Waals surface area contributed by atoms with Gasteiger partial charge in [-0.1, -0.05) is 20.8 Å². The number of piperazine rings is 1. The average molecular weight is 266 g/mol. The Morgan fingerprint density at radius 2 is 1.83 bits per heavy atom. The number of halogens is 3. The third kappa shape index (κ3) is 5.14. The maximum absolute atomic E-state index is 12.1. The minimum Gasteiger partial charge on any atom is -0.311 e. The van der Waals surface area contributed by atoms with Crippen molar-refractivity contribution >= 4 is 0 Å². The second kappa shape index (κ2) is 5.78. The van der Waals surface area contributed by atoms with Crippen LogP contribution in [0.4, 0.5) is 13.2 Å². The van der Waals surface area contributed by atoms with Gasteiger partial charge in [-0.3, -0.25) is 4.90 Å². The van der Waals surface area contributed by atoms with Gasteiger partial charge in [-0.25, -0.2) is 0 Å². The minimum atomic E-state index is -4.03. The highest BCUT2D eigenvalue weighted by Gasteiger charge is 2.33. The van der Waals surface area contributed by atoms with Gasteiger partial charge in [-0.2, -0.15) is 13.2 Å². The Hall–Kier alpha value is -0.290. The summed E-state index contributed by atoms with van der Waals surface area (Å²) < 4.78 is 36.4. The molecular formula is C13H25F3N2. The summed E-state index contributed by atoms with van der Waals surface area (Å²) in [5, 5.41) is 3.48. The zero-order valence-electron chi connectivity index (χ0n) is 11.8. The first-order valence-corrected chi connectivity index (χ1v) is 6.64. The summed E-state index contributed by atoms with van der Waals surface area (Å²) in [4.78, 5) is 2.18. The summed E-state index contributed by atoms with van der Waals surface area (Å²) in [5.74, 6) is 0. The smallest absolute Gasteiger partial charge is 0.311 e. The third-order valence-corrected chi connectivity index (χ3v) is 3.65. The average Bonchev–Trinajstić information content (AvgIpc) is 2.17. The molecule has 1 rings (SSSR count). The Morgan fingerprint density at radius 1 is 1.22 bits per heavy atom. The van der Waals surface area contributed by atoms with Crippen LogP contribution in [0.2, 0.25) is 0 Å². The highest BCUT2D eigenvalue weighted by molar-refractivity contribution is 4.90. The van der Waals surface area contributed by atoms with Crippen LogP contribution in [0.3, 0.4) is 0 Å². The molecule has 1 N–H and O–H groups in total. The first-order valence-electron chi connectivity index (χ1n) is 6.64. The van der Waals surface area contributed by atoms with Crippen molar-refractivity contribution in [3.8, 4) is 0 Å². The molecule has 1 heterocycles. The number of hydrogen-bond donors (Lipinski definition) is 1. The number of nitrogens with zero attached hydrogens (tertiary/aromatic N) is 1. The topological polar surface area (TPSA) is 15.3 Å². The largest absolute Gasteiger partial charge is 0.389 e. The highest BCUT2D eigenvalue weighted by atomic mass is 19.4. The molecule has 0 aromatic carbocycles. The van der Waals surface area contributed by atoms with Gasteiger partial charge >= 0.3 is 6.18 Å². The molecule has 0 amide bonds. The van der Waals surface area contributed by atoms with Crippen molar-refractivity contribution in [1.82, 2.24) is 10.2 Å². The van der Waals surface area contributed by atoms with Crippen molar-refractivity contribution in [1.29, 1.82) is 0 Å². The Balaban J connectivity index is 2.43. The fraction of sp³-hybridized carbons (Fsp3) is 1.00. The Bertz CT molecular complexity index is 258. The van der Waals surface area contributed by atoms with Gasteiger partial charge < -0.3 is 5.32 Å². The number of hydrogen-bond acceptors (Lipinski definition) is 2. The zero-order chi connectivity index (χ0) is 14.0. The first kappa shape index (κ1) is 15.8. The van der Waals surface area contributed by atoms with Crippen LogP contribution < -0.4 is 5.32 Å². The van der Waals surface area contributed by atoms with E-state index in [1.165, 1.54) is 0 Å². The molecule has 0 aromatic heterocycles. The van der Waals surface area contributed by atoms with Crippen LogP contribution in [0, 0.1) is 5.41 Å². The Morgan fingerprint density at radius 3 is 2.33 bits per heavy atom. The molecule has 0 aliphatic carbocycles. The van der Waals surface area contributed by atoms with Crippen LogP contribution in [-0.4, -0.2) is 42.8 Å². The molecule has 1 fully saturated rings. The van der Waals surface area contributed by atoms with Crippen LogP contribution in [0.15, 0.2) is 0 Å². The second-order valence-corrected chi connectivity index (χ2v) is 6.39. The summed E-state index contributed by atoms with van der Waals surface area (Å²) in [6.45, 7) is 10.8. The normalized spacial score (nSPS) is 27.5. The van der Waals surface area contributed by atoms with Crippen molar-refractivity contribution < 1.29 is 13.2 Å². The lowest BCUT2D eigenvalue weighted by Crippen LogP contribution is -2.59. The molecule has 2 nitrogen and oxygen atoms in total. The molecule has 0 radical (unpaired) electrons. The second-order valence-electron chi connectivity index (χ2n) is 6.39. The van der Waals surface area contributed by atoms with E-state index in [-0.39, 0.29) is 11.8 Å². The molecule has 0 spiro atoms. The van der Waals surface area contributed by atoms with Gasteiger partial charge in [-0.15, -0.1) is 0 Å². The van der Waals surface area contributed by atoms with Crippen LogP contribution in [0.25, 0.3) is 0 Å². The van der Waals surface area contributed by atoms with Crippen LogP contribution in [0.1, 0.15) is 40.5 Å². The summed E-state index contributed by atoms with van der Waals surface area (Å²) in [6, 6.07) is 0.663. The van der Waals surface area contributed by atoms with Gasteiger partial charge in [0.15, 0.2) is 0 Å². The lowest BCUT2D eigenvalue weighted by atomic mass is 9.85. The van der Waals surface area contributed by atoms with Crippen molar-refractivity contribution in [2.45, 2.75) is 58.8 Å². The molecule has 1 aliphatic heterocycles. The molecule has 1 saturated heterocycles. The maximum Gasteiger partial charge on any atom is 0.389 e. The van der Waals surface area contributed by atoms with E-state index in [4.69, 9.17) is 0 Å². The SMILES string of the molecule is CC1CNC(C(C)(C)C)CN1CCCC(F)(F)F. The molecule has 108 valence electrons. The van der Waals surface area contributed by atoms with Crippen molar-refractivity contribution in [2.75, 3.05) is 19.6 Å². The van der Waals surface area contributed by atoms with E-state index >= 15 is 0 Å². The highest BCUT2D eigenvalue weighted by Crippen LogP contribution is 2.25. The van der Waals surface area contributed by atoms with Crippen LogP contribution in [0.5, 0.6) is 0 Å². The Labute approximate surface area is 108 Å². The molecule has 0 bridgehead atoms. The molecule has 0 aromatic rings. The van der Waals surface area contributed by atoms with E-state index in [0.29, 0.717) is 18.6 Å². The molecule has 5 heteroatoms. The number of alkyl halides is 3. The standard InChI is InChI=1S/C13H25F3N2/c1-10-8-17-11(12(2,3)4)9-18(10)7-5-6-13(14,15)16/h10-11,17H,5-9H2,1-4H3. The fourth-order valence-electron chi connectivity index (χ4n) is 2.30. The van der Waals surface area contributed by atoms with Crippen molar-refractivity contribution in [2.24, 2.45) is 5.41 Å². The molecule has 2 atom stereocenters. The maximum atomic E-state index is 12.1. The number of rotatable bonds is 3. The molecule has 1 aliphatic rings. The summed E-state index contributed by atoms with van der Waals surface area (Å²) in [7, 11) is 0.